The molecule has 2 aliphatic carbocycles. The second kappa shape index (κ2) is 5.30. The lowest BCUT2D eigenvalue weighted by Gasteiger charge is -2.31. The van der Waals surface area contributed by atoms with Crippen LogP contribution in [0.4, 0.5) is 0 Å². The van der Waals surface area contributed by atoms with Crippen molar-refractivity contribution in [2.45, 2.75) is 19.4 Å². The molecule has 0 spiro atoms. The van der Waals surface area contributed by atoms with Crippen LogP contribution >= 0.6 is 11.3 Å². The van der Waals surface area contributed by atoms with Crippen LogP contribution in [0.25, 0.3) is 0 Å². The molecule has 4 nitrogen and oxygen atoms in total. The Morgan fingerprint density at radius 2 is 2.00 bits per heavy atom. The number of thiophene rings is 1. The summed E-state index contributed by atoms with van der Waals surface area (Å²) >= 11 is 1.62. The minimum absolute atomic E-state index is 0.0185. The largest absolute Gasteiger partial charge is 0.481 e. The maximum absolute atomic E-state index is 12.8. The van der Waals surface area contributed by atoms with Gasteiger partial charge in [-0.2, -0.15) is 0 Å². The average molecular weight is 305 g/mol. The third-order valence-electron chi connectivity index (χ3n) is 4.91. The van der Waals surface area contributed by atoms with Crippen molar-refractivity contribution in [1.29, 1.82) is 0 Å². The van der Waals surface area contributed by atoms with Crippen molar-refractivity contribution in [1.82, 2.24) is 4.90 Å². The Kier molecular flexibility index (Phi) is 3.61. The molecule has 1 aromatic rings. The molecule has 2 aliphatic rings. The Bertz CT molecular complexity index is 580. The average Bonchev–Trinajstić information content (AvgIpc) is 3.18. The summed E-state index contributed by atoms with van der Waals surface area (Å²) in [4.78, 5) is 27.2. The molecule has 5 heteroatoms. The molecule has 1 N–H and O–H groups in total. The predicted molar refractivity (Wildman–Crippen MR) is 80.9 cm³/mol. The van der Waals surface area contributed by atoms with E-state index in [1.54, 1.807) is 23.3 Å². The van der Waals surface area contributed by atoms with E-state index in [9.17, 15) is 14.7 Å². The maximum atomic E-state index is 12.8. The monoisotopic (exact) mass is 305 g/mol. The Hall–Kier alpha value is -1.62. The van der Waals surface area contributed by atoms with E-state index in [2.05, 4.69) is 0 Å². The number of nitrogens with zero attached hydrogens (tertiary/aromatic N) is 1. The highest BCUT2D eigenvalue weighted by Gasteiger charge is 2.52. The van der Waals surface area contributed by atoms with Crippen LogP contribution < -0.4 is 0 Å². The summed E-state index contributed by atoms with van der Waals surface area (Å²) in [5.74, 6) is -1.76. The SMILES string of the molecule is CC(c1cccs1)N(C)C(=O)[C@H]1C2C=CC(C2)[C@H]1C(=O)O. The molecule has 5 atom stereocenters. The summed E-state index contributed by atoms with van der Waals surface area (Å²) in [7, 11) is 1.78. The summed E-state index contributed by atoms with van der Waals surface area (Å²) in [6.45, 7) is 1.99. The van der Waals surface area contributed by atoms with Gasteiger partial charge in [-0.25, -0.2) is 0 Å². The Labute approximate surface area is 128 Å². The number of fused-ring (bicyclic) bond motifs is 2. The lowest BCUT2D eigenvalue weighted by molar-refractivity contribution is -0.151. The van der Waals surface area contributed by atoms with Crippen LogP contribution in [-0.2, 0) is 9.59 Å². The topological polar surface area (TPSA) is 57.6 Å². The van der Waals surface area contributed by atoms with Gasteiger partial charge in [0.2, 0.25) is 5.91 Å². The molecule has 1 saturated carbocycles. The van der Waals surface area contributed by atoms with Crippen molar-refractivity contribution < 1.29 is 14.7 Å². The molecule has 0 radical (unpaired) electrons. The Morgan fingerprint density at radius 1 is 1.33 bits per heavy atom. The lowest BCUT2D eigenvalue weighted by Crippen LogP contribution is -2.42. The number of carboxylic acid groups (broad SMARTS) is 1. The van der Waals surface area contributed by atoms with Crippen molar-refractivity contribution in [2.75, 3.05) is 7.05 Å². The fourth-order valence-corrected chi connectivity index (χ4v) is 4.47. The summed E-state index contributed by atoms with van der Waals surface area (Å²) in [5.41, 5.74) is 0. The van der Waals surface area contributed by atoms with Gasteiger partial charge in [-0.15, -0.1) is 11.3 Å². The van der Waals surface area contributed by atoms with Crippen molar-refractivity contribution >= 4 is 23.2 Å². The van der Waals surface area contributed by atoms with Gasteiger partial charge in [0.05, 0.1) is 17.9 Å². The highest BCUT2D eigenvalue weighted by atomic mass is 32.1. The zero-order chi connectivity index (χ0) is 15.1. The molecule has 21 heavy (non-hydrogen) atoms. The standard InChI is InChI=1S/C16H19NO3S/c1-9(12-4-3-7-21-12)17(2)15(18)13-10-5-6-11(8-10)14(13)16(19)20/h3-7,9-11,13-14H,8H2,1-2H3,(H,19,20)/t9?,10?,11?,13-,14+/m0/s1. The summed E-state index contributed by atoms with van der Waals surface area (Å²) in [5, 5.41) is 11.4. The van der Waals surface area contributed by atoms with E-state index in [1.165, 1.54) is 0 Å². The summed E-state index contributed by atoms with van der Waals surface area (Å²) in [6.07, 6.45) is 4.79. The Morgan fingerprint density at radius 3 is 2.57 bits per heavy atom. The van der Waals surface area contributed by atoms with Crippen LogP contribution in [0, 0.1) is 23.7 Å². The third-order valence-corrected chi connectivity index (χ3v) is 5.96. The minimum Gasteiger partial charge on any atom is -0.481 e. The van der Waals surface area contributed by atoms with Crippen molar-refractivity contribution in [3.63, 3.8) is 0 Å². The van der Waals surface area contributed by atoms with Gasteiger partial charge < -0.3 is 10.0 Å². The van der Waals surface area contributed by atoms with Crippen molar-refractivity contribution in [3.05, 3.63) is 34.5 Å². The van der Waals surface area contributed by atoms with E-state index < -0.39 is 17.8 Å². The number of hydrogen-bond donors (Lipinski definition) is 1. The molecule has 2 bridgehead atoms. The number of carboxylic acids is 1. The molecule has 112 valence electrons. The first-order valence-electron chi connectivity index (χ1n) is 7.22. The third kappa shape index (κ3) is 2.29. The Balaban J connectivity index is 1.81. The van der Waals surface area contributed by atoms with E-state index in [0.717, 1.165) is 11.3 Å². The zero-order valence-corrected chi connectivity index (χ0v) is 12.9. The summed E-state index contributed by atoms with van der Waals surface area (Å²) in [6, 6.07) is 3.96. The molecule has 0 aromatic carbocycles. The zero-order valence-electron chi connectivity index (χ0n) is 12.1. The number of carbonyl (C=O) groups excluding carboxylic acids is 1. The van der Waals surface area contributed by atoms with E-state index in [1.807, 2.05) is 36.6 Å². The van der Waals surface area contributed by atoms with Crippen LogP contribution in [0.2, 0.25) is 0 Å². The number of hydrogen-bond acceptors (Lipinski definition) is 3. The van der Waals surface area contributed by atoms with Gasteiger partial charge in [-0.05, 0) is 36.6 Å². The van der Waals surface area contributed by atoms with Gasteiger partial charge in [-0.1, -0.05) is 18.2 Å². The predicted octanol–water partition coefficient (Wildman–Crippen LogP) is 2.79. The molecule has 3 unspecified atom stereocenters. The van der Waals surface area contributed by atoms with Crippen LogP contribution in [0.1, 0.15) is 24.3 Å². The second-order valence-electron chi connectivity index (χ2n) is 5.98. The molecule has 1 fully saturated rings. The van der Waals surface area contributed by atoms with Gasteiger partial charge in [0.1, 0.15) is 0 Å². The van der Waals surface area contributed by atoms with Crippen LogP contribution in [0.3, 0.4) is 0 Å². The highest BCUT2D eigenvalue weighted by Crippen LogP contribution is 2.49. The van der Waals surface area contributed by atoms with Gasteiger partial charge >= 0.3 is 5.97 Å². The van der Waals surface area contributed by atoms with Crippen molar-refractivity contribution in [3.8, 4) is 0 Å². The minimum atomic E-state index is -0.845. The first-order valence-corrected chi connectivity index (χ1v) is 8.10. The molecule has 1 aromatic heterocycles. The van der Waals surface area contributed by atoms with E-state index in [0.29, 0.717) is 0 Å². The van der Waals surface area contributed by atoms with Gasteiger partial charge in [0.25, 0.3) is 0 Å². The summed E-state index contributed by atoms with van der Waals surface area (Å²) < 4.78 is 0. The highest BCUT2D eigenvalue weighted by molar-refractivity contribution is 7.10. The number of amides is 1. The molecule has 0 saturated heterocycles. The van der Waals surface area contributed by atoms with Gasteiger partial charge in [0, 0.05) is 11.9 Å². The lowest BCUT2D eigenvalue weighted by atomic mass is 9.82. The number of allylic oxidation sites excluding steroid dienone is 2. The first-order chi connectivity index (χ1) is 10.0. The van der Waals surface area contributed by atoms with E-state index in [-0.39, 0.29) is 23.8 Å². The van der Waals surface area contributed by atoms with Crippen LogP contribution in [0.5, 0.6) is 0 Å². The fourth-order valence-electron chi connectivity index (χ4n) is 3.64. The van der Waals surface area contributed by atoms with Crippen molar-refractivity contribution in [2.24, 2.45) is 23.7 Å². The van der Waals surface area contributed by atoms with E-state index >= 15 is 0 Å². The van der Waals surface area contributed by atoms with Gasteiger partial charge in [-0.3, -0.25) is 9.59 Å². The molecule has 3 rings (SSSR count). The molecular weight excluding hydrogens is 286 g/mol. The molecular formula is C16H19NO3S. The second-order valence-corrected chi connectivity index (χ2v) is 6.96. The van der Waals surface area contributed by atoms with Crippen LogP contribution in [0.15, 0.2) is 29.7 Å². The fraction of sp³-hybridized carbons (Fsp3) is 0.500. The first kappa shape index (κ1) is 14.3. The molecule has 1 amide bonds. The normalized spacial score (nSPS) is 31.3. The van der Waals surface area contributed by atoms with Crippen LogP contribution in [-0.4, -0.2) is 28.9 Å². The molecule has 0 aliphatic heterocycles. The number of rotatable bonds is 4. The van der Waals surface area contributed by atoms with Gasteiger partial charge in [0.15, 0.2) is 0 Å². The molecule has 1 heterocycles. The quantitative estimate of drug-likeness (QED) is 0.870. The van der Waals surface area contributed by atoms with E-state index in [4.69, 9.17) is 0 Å². The number of aliphatic carboxylic acids is 1. The number of carbonyl (C=O) groups is 2. The smallest absolute Gasteiger partial charge is 0.307 e. The maximum Gasteiger partial charge on any atom is 0.307 e.